The standard InChI is InChI=1S/C29H20ClNO5/c30-20-10-6-9-19(16-20)27(33)25-26(31(29(35)28(25)34)23-14-4-5-15-24(23)32)18-8-7-13-22(17-18)36-21-11-2-1-3-12-21/h1-17,26,32-33H/b27-25-. The third-order valence-corrected chi connectivity index (χ3v) is 6.07. The van der Waals surface area contributed by atoms with Crippen LogP contribution in [0.4, 0.5) is 5.69 Å². The second-order valence-corrected chi connectivity index (χ2v) is 8.59. The largest absolute Gasteiger partial charge is 0.507 e. The number of hydrogen-bond donors (Lipinski definition) is 2. The van der Waals surface area contributed by atoms with Gasteiger partial charge < -0.3 is 14.9 Å². The molecule has 0 radical (unpaired) electrons. The maximum Gasteiger partial charge on any atom is 0.300 e. The van der Waals surface area contributed by atoms with E-state index in [1.807, 2.05) is 18.2 Å². The van der Waals surface area contributed by atoms with E-state index in [1.54, 1.807) is 66.7 Å². The van der Waals surface area contributed by atoms with E-state index in [0.29, 0.717) is 27.6 Å². The van der Waals surface area contributed by atoms with E-state index in [4.69, 9.17) is 16.3 Å². The Hall–Kier alpha value is -4.55. The summed E-state index contributed by atoms with van der Waals surface area (Å²) < 4.78 is 5.96. The Labute approximate surface area is 212 Å². The van der Waals surface area contributed by atoms with Crippen molar-refractivity contribution >= 4 is 34.7 Å². The molecule has 1 fully saturated rings. The molecule has 178 valence electrons. The highest BCUT2D eigenvalue weighted by molar-refractivity contribution is 6.52. The van der Waals surface area contributed by atoms with Gasteiger partial charge >= 0.3 is 0 Å². The van der Waals surface area contributed by atoms with Gasteiger partial charge in [0.25, 0.3) is 11.7 Å². The van der Waals surface area contributed by atoms with Crippen molar-refractivity contribution in [2.45, 2.75) is 6.04 Å². The average molecular weight is 498 g/mol. The number of phenolic OH excluding ortho intramolecular Hbond substituents is 1. The Balaban J connectivity index is 1.69. The number of carbonyl (C=O) groups is 2. The smallest absolute Gasteiger partial charge is 0.300 e. The topological polar surface area (TPSA) is 87.1 Å². The Morgan fingerprint density at radius 2 is 1.50 bits per heavy atom. The first kappa shape index (κ1) is 23.2. The molecule has 1 heterocycles. The molecule has 0 aliphatic carbocycles. The Bertz CT molecular complexity index is 1500. The molecule has 4 aromatic carbocycles. The lowest BCUT2D eigenvalue weighted by Gasteiger charge is -2.26. The number of rotatable bonds is 5. The van der Waals surface area contributed by atoms with E-state index in [9.17, 15) is 19.8 Å². The fourth-order valence-electron chi connectivity index (χ4n) is 4.23. The van der Waals surface area contributed by atoms with Crippen molar-refractivity contribution in [2.24, 2.45) is 0 Å². The van der Waals surface area contributed by atoms with Gasteiger partial charge in [0.05, 0.1) is 17.3 Å². The summed E-state index contributed by atoms with van der Waals surface area (Å²) >= 11 is 6.11. The zero-order valence-corrected chi connectivity index (χ0v) is 19.6. The molecule has 4 aromatic rings. The second kappa shape index (κ2) is 9.60. The molecule has 36 heavy (non-hydrogen) atoms. The van der Waals surface area contributed by atoms with E-state index in [-0.39, 0.29) is 22.8 Å². The van der Waals surface area contributed by atoms with Crippen LogP contribution in [-0.2, 0) is 9.59 Å². The molecule has 1 aliphatic heterocycles. The molecule has 0 saturated carbocycles. The predicted molar refractivity (Wildman–Crippen MR) is 137 cm³/mol. The number of halogens is 1. The van der Waals surface area contributed by atoms with Gasteiger partial charge in [0, 0.05) is 10.6 Å². The summed E-state index contributed by atoms with van der Waals surface area (Å²) in [5.41, 5.74) is 0.820. The zero-order chi connectivity index (χ0) is 25.2. The lowest BCUT2D eigenvalue weighted by Crippen LogP contribution is -2.29. The maximum atomic E-state index is 13.3. The first-order valence-corrected chi connectivity index (χ1v) is 11.5. The molecule has 1 amide bonds. The monoisotopic (exact) mass is 497 g/mol. The van der Waals surface area contributed by atoms with Gasteiger partial charge in [-0.15, -0.1) is 0 Å². The van der Waals surface area contributed by atoms with Crippen LogP contribution >= 0.6 is 11.6 Å². The molecule has 1 unspecified atom stereocenters. The van der Waals surface area contributed by atoms with Gasteiger partial charge in [0.1, 0.15) is 23.0 Å². The van der Waals surface area contributed by atoms with Crippen LogP contribution in [0.3, 0.4) is 0 Å². The van der Waals surface area contributed by atoms with Crippen LogP contribution in [0.2, 0.25) is 5.02 Å². The number of benzene rings is 4. The number of Topliss-reactive ketones (excluding diaryl/α,β-unsaturated/α-hetero) is 1. The summed E-state index contributed by atoms with van der Waals surface area (Å²) in [6, 6.07) is 27.7. The van der Waals surface area contributed by atoms with E-state index in [0.717, 1.165) is 0 Å². The maximum absolute atomic E-state index is 13.3. The van der Waals surface area contributed by atoms with Crippen molar-refractivity contribution < 1.29 is 24.5 Å². The van der Waals surface area contributed by atoms with Gasteiger partial charge in [-0.2, -0.15) is 0 Å². The number of aliphatic hydroxyl groups excluding tert-OH is 1. The van der Waals surface area contributed by atoms with Crippen molar-refractivity contribution in [2.75, 3.05) is 4.90 Å². The molecule has 5 rings (SSSR count). The predicted octanol–water partition coefficient (Wildman–Crippen LogP) is 6.46. The van der Waals surface area contributed by atoms with Crippen molar-refractivity contribution in [3.63, 3.8) is 0 Å². The number of ketones is 1. The molecule has 0 aromatic heterocycles. The highest BCUT2D eigenvalue weighted by Gasteiger charge is 2.47. The minimum Gasteiger partial charge on any atom is -0.507 e. The summed E-state index contributed by atoms with van der Waals surface area (Å²) in [6.07, 6.45) is 0. The van der Waals surface area contributed by atoms with Crippen molar-refractivity contribution in [3.8, 4) is 17.2 Å². The van der Waals surface area contributed by atoms with Gasteiger partial charge in [-0.25, -0.2) is 0 Å². The number of phenols is 1. The lowest BCUT2D eigenvalue weighted by atomic mass is 9.95. The van der Waals surface area contributed by atoms with Gasteiger partial charge in [0.2, 0.25) is 0 Å². The molecule has 1 saturated heterocycles. The molecule has 6 nitrogen and oxygen atoms in total. The van der Waals surface area contributed by atoms with E-state index < -0.39 is 17.7 Å². The molecule has 7 heteroatoms. The van der Waals surface area contributed by atoms with E-state index in [1.165, 1.54) is 23.1 Å². The van der Waals surface area contributed by atoms with Gasteiger partial charge in [-0.1, -0.05) is 66.2 Å². The Kier molecular flexibility index (Phi) is 6.19. The number of ether oxygens (including phenoxy) is 1. The third kappa shape index (κ3) is 4.30. The SMILES string of the molecule is O=C1C(=O)N(c2ccccc2O)C(c2cccc(Oc3ccccc3)c2)/C1=C(/O)c1cccc(Cl)c1. The summed E-state index contributed by atoms with van der Waals surface area (Å²) in [5.74, 6) is -1.21. The van der Waals surface area contributed by atoms with Crippen LogP contribution in [0.1, 0.15) is 17.2 Å². The quantitative estimate of drug-likeness (QED) is 0.187. The third-order valence-electron chi connectivity index (χ3n) is 5.84. The normalized spacial score (nSPS) is 16.8. The van der Waals surface area contributed by atoms with Gasteiger partial charge in [0.15, 0.2) is 0 Å². The van der Waals surface area contributed by atoms with E-state index >= 15 is 0 Å². The Morgan fingerprint density at radius 1 is 0.806 bits per heavy atom. The number of anilines is 1. The molecular formula is C29H20ClNO5. The minimum atomic E-state index is -1.03. The van der Waals surface area contributed by atoms with Crippen molar-refractivity contribution in [1.82, 2.24) is 0 Å². The van der Waals surface area contributed by atoms with Crippen molar-refractivity contribution in [3.05, 3.63) is 125 Å². The second-order valence-electron chi connectivity index (χ2n) is 8.16. The first-order chi connectivity index (χ1) is 17.4. The number of amides is 1. The van der Waals surface area contributed by atoms with Gasteiger partial charge in [-0.05, 0) is 54.1 Å². The van der Waals surface area contributed by atoms with Crippen LogP contribution in [0, 0.1) is 0 Å². The summed E-state index contributed by atoms with van der Waals surface area (Å²) in [6.45, 7) is 0. The number of hydrogen-bond acceptors (Lipinski definition) is 5. The fourth-order valence-corrected chi connectivity index (χ4v) is 4.42. The van der Waals surface area contributed by atoms with E-state index in [2.05, 4.69) is 0 Å². The molecule has 1 aliphatic rings. The van der Waals surface area contributed by atoms with Crippen LogP contribution in [0.25, 0.3) is 5.76 Å². The van der Waals surface area contributed by atoms with Crippen LogP contribution in [-0.4, -0.2) is 21.9 Å². The van der Waals surface area contributed by atoms with Gasteiger partial charge in [-0.3, -0.25) is 14.5 Å². The number of aromatic hydroxyl groups is 1. The Morgan fingerprint density at radius 3 is 2.25 bits per heavy atom. The number of nitrogens with zero attached hydrogens (tertiary/aromatic N) is 1. The molecule has 2 N–H and O–H groups in total. The number of carbonyl (C=O) groups excluding carboxylic acids is 2. The summed E-state index contributed by atoms with van der Waals surface area (Å²) in [4.78, 5) is 27.8. The lowest BCUT2D eigenvalue weighted by molar-refractivity contribution is -0.132. The minimum absolute atomic E-state index is 0.123. The molecule has 0 spiro atoms. The molecular weight excluding hydrogens is 478 g/mol. The highest BCUT2D eigenvalue weighted by Crippen LogP contribution is 2.45. The van der Waals surface area contributed by atoms with Crippen LogP contribution in [0.15, 0.2) is 109 Å². The number of aliphatic hydroxyl groups is 1. The first-order valence-electron chi connectivity index (χ1n) is 11.1. The zero-order valence-electron chi connectivity index (χ0n) is 18.8. The van der Waals surface area contributed by atoms with Crippen LogP contribution in [0.5, 0.6) is 17.2 Å². The molecule has 1 atom stereocenters. The highest BCUT2D eigenvalue weighted by atomic mass is 35.5. The van der Waals surface area contributed by atoms with Crippen LogP contribution < -0.4 is 9.64 Å². The summed E-state index contributed by atoms with van der Waals surface area (Å²) in [7, 11) is 0. The summed E-state index contributed by atoms with van der Waals surface area (Å²) in [5, 5.41) is 22.1. The molecule has 0 bridgehead atoms. The van der Waals surface area contributed by atoms with Crippen molar-refractivity contribution in [1.29, 1.82) is 0 Å². The fraction of sp³-hybridized carbons (Fsp3) is 0.0345. The average Bonchev–Trinajstić information content (AvgIpc) is 3.15. The number of para-hydroxylation sites is 3.